The quantitative estimate of drug-likeness (QED) is 0.334. The minimum absolute atomic E-state index is 0.0843. The van der Waals surface area contributed by atoms with Gasteiger partial charge < -0.3 is 40.5 Å². The van der Waals surface area contributed by atoms with Gasteiger partial charge in [-0.3, -0.25) is 4.79 Å². The Kier molecular flexibility index (Phi) is 5.27. The molecule has 1 fully saturated rings. The number of phenols is 2. The van der Waals surface area contributed by atoms with Crippen molar-refractivity contribution in [3.05, 3.63) is 58.1 Å². The first-order valence-corrected chi connectivity index (χ1v) is 9.43. The van der Waals surface area contributed by atoms with Crippen LogP contribution in [0.5, 0.6) is 11.5 Å². The molecule has 1 aliphatic carbocycles. The number of rotatable bonds is 3. The van der Waals surface area contributed by atoms with E-state index in [4.69, 9.17) is 4.74 Å². The molecular formula is C21H22O9. The first kappa shape index (κ1) is 20.7. The van der Waals surface area contributed by atoms with Crippen LogP contribution in [0, 0.1) is 0 Å². The number of carbonyl (C=O) groups excluding carboxylic acids is 1. The molecule has 9 heteroatoms. The predicted molar refractivity (Wildman–Crippen MR) is 101 cm³/mol. The lowest BCUT2D eigenvalue weighted by atomic mass is 9.71. The molecule has 0 radical (unpaired) electrons. The summed E-state index contributed by atoms with van der Waals surface area (Å²) in [5.74, 6) is -2.34. The largest absolute Gasteiger partial charge is 0.507 e. The molecule has 2 aliphatic rings. The SMILES string of the molecule is O=C1c2c(O)cccc2[C@@H]([C@H]2O[C@@H](CO)[C@H](O)[C@@H](O)[C@@H]2O)c2cc(CO)cc(O)c21. The van der Waals surface area contributed by atoms with E-state index in [0.717, 1.165) is 0 Å². The van der Waals surface area contributed by atoms with Gasteiger partial charge in [0.25, 0.3) is 0 Å². The minimum atomic E-state index is -1.64. The maximum Gasteiger partial charge on any atom is 0.201 e. The number of aliphatic hydroxyl groups excluding tert-OH is 5. The van der Waals surface area contributed by atoms with E-state index >= 15 is 0 Å². The Labute approximate surface area is 171 Å². The van der Waals surface area contributed by atoms with E-state index in [1.54, 1.807) is 6.07 Å². The fraction of sp³-hybridized carbons (Fsp3) is 0.381. The van der Waals surface area contributed by atoms with Crippen molar-refractivity contribution >= 4 is 5.78 Å². The van der Waals surface area contributed by atoms with Gasteiger partial charge in [0.2, 0.25) is 5.78 Å². The van der Waals surface area contributed by atoms with Crippen molar-refractivity contribution in [2.24, 2.45) is 0 Å². The Bertz CT molecular complexity index is 987. The smallest absolute Gasteiger partial charge is 0.201 e. The van der Waals surface area contributed by atoms with Crippen LogP contribution in [0.4, 0.5) is 0 Å². The lowest BCUT2D eigenvalue weighted by molar-refractivity contribution is -0.232. The molecule has 4 rings (SSSR count). The van der Waals surface area contributed by atoms with Crippen molar-refractivity contribution in [2.75, 3.05) is 6.61 Å². The summed E-state index contributed by atoms with van der Waals surface area (Å²) < 4.78 is 5.73. The molecule has 6 atom stereocenters. The second-order valence-corrected chi connectivity index (χ2v) is 7.58. The maximum atomic E-state index is 13.1. The zero-order chi connectivity index (χ0) is 21.7. The summed E-state index contributed by atoms with van der Waals surface area (Å²) in [7, 11) is 0. The number of phenolic OH excluding ortho intramolecular Hbond substituents is 2. The van der Waals surface area contributed by atoms with Crippen LogP contribution in [0.1, 0.15) is 38.5 Å². The second-order valence-electron chi connectivity index (χ2n) is 7.58. The van der Waals surface area contributed by atoms with Gasteiger partial charge in [-0.05, 0) is 28.8 Å². The van der Waals surface area contributed by atoms with Gasteiger partial charge in [-0.1, -0.05) is 18.2 Å². The molecule has 0 bridgehead atoms. The van der Waals surface area contributed by atoms with Crippen molar-refractivity contribution in [3.8, 4) is 11.5 Å². The van der Waals surface area contributed by atoms with E-state index in [0.29, 0.717) is 5.56 Å². The van der Waals surface area contributed by atoms with Crippen molar-refractivity contribution < 1.29 is 45.3 Å². The number of ether oxygens (including phenoxy) is 1. The minimum Gasteiger partial charge on any atom is -0.507 e. The van der Waals surface area contributed by atoms with Gasteiger partial charge in [-0.2, -0.15) is 0 Å². The normalized spacial score (nSPS) is 30.6. The first-order valence-electron chi connectivity index (χ1n) is 9.43. The summed E-state index contributed by atoms with van der Waals surface area (Å²) in [6, 6.07) is 7.06. The molecule has 2 aromatic rings. The fourth-order valence-corrected chi connectivity index (χ4v) is 4.41. The van der Waals surface area contributed by atoms with Crippen molar-refractivity contribution in [3.63, 3.8) is 0 Å². The van der Waals surface area contributed by atoms with Gasteiger partial charge in [0.15, 0.2) is 0 Å². The molecule has 1 saturated heterocycles. The van der Waals surface area contributed by atoms with Gasteiger partial charge in [0, 0.05) is 5.92 Å². The van der Waals surface area contributed by atoms with Crippen LogP contribution in [-0.2, 0) is 11.3 Å². The number of fused-ring (bicyclic) bond motifs is 2. The second kappa shape index (κ2) is 7.62. The third-order valence-electron chi connectivity index (χ3n) is 5.85. The molecule has 0 saturated carbocycles. The van der Waals surface area contributed by atoms with Crippen LogP contribution in [0.2, 0.25) is 0 Å². The zero-order valence-corrected chi connectivity index (χ0v) is 15.7. The number of aromatic hydroxyl groups is 2. The Morgan fingerprint density at radius 2 is 1.57 bits per heavy atom. The number of carbonyl (C=O) groups is 1. The average Bonchev–Trinajstić information content (AvgIpc) is 2.73. The predicted octanol–water partition coefficient (Wildman–Crippen LogP) is -0.891. The highest BCUT2D eigenvalue weighted by Gasteiger charge is 2.50. The van der Waals surface area contributed by atoms with Gasteiger partial charge in [-0.25, -0.2) is 0 Å². The summed E-state index contributed by atoms with van der Waals surface area (Å²) >= 11 is 0. The van der Waals surface area contributed by atoms with Gasteiger partial charge in [0.1, 0.15) is 35.9 Å². The number of benzene rings is 2. The molecule has 7 N–H and O–H groups in total. The average molecular weight is 418 g/mol. The van der Waals surface area contributed by atoms with E-state index < -0.39 is 61.2 Å². The van der Waals surface area contributed by atoms with Gasteiger partial charge in [-0.15, -0.1) is 0 Å². The van der Waals surface area contributed by atoms with E-state index in [1.165, 1.54) is 24.3 Å². The Hall–Kier alpha value is -2.53. The van der Waals surface area contributed by atoms with Gasteiger partial charge in [0.05, 0.1) is 30.4 Å². The number of hydrogen-bond donors (Lipinski definition) is 7. The lowest BCUT2D eigenvalue weighted by Gasteiger charge is -2.45. The molecule has 160 valence electrons. The summed E-state index contributed by atoms with van der Waals surface area (Å²) in [4.78, 5) is 13.1. The van der Waals surface area contributed by atoms with Crippen molar-refractivity contribution in [1.29, 1.82) is 0 Å². The number of hydrogen-bond acceptors (Lipinski definition) is 9. The van der Waals surface area contributed by atoms with E-state index in [-0.39, 0.29) is 28.0 Å². The molecular weight excluding hydrogens is 396 g/mol. The molecule has 0 aromatic heterocycles. The summed E-state index contributed by atoms with van der Waals surface area (Å²) in [6.07, 6.45) is -7.22. The summed E-state index contributed by atoms with van der Waals surface area (Å²) in [5.41, 5.74) is 0.609. The van der Waals surface area contributed by atoms with Crippen molar-refractivity contribution in [2.45, 2.75) is 43.0 Å². The fourth-order valence-electron chi connectivity index (χ4n) is 4.41. The van der Waals surface area contributed by atoms with Gasteiger partial charge >= 0.3 is 0 Å². The first-order chi connectivity index (χ1) is 14.3. The third-order valence-corrected chi connectivity index (χ3v) is 5.85. The molecule has 2 aromatic carbocycles. The van der Waals surface area contributed by atoms with Crippen LogP contribution in [0.25, 0.3) is 0 Å². The number of aliphatic hydroxyl groups is 5. The van der Waals surface area contributed by atoms with Crippen molar-refractivity contribution in [1.82, 2.24) is 0 Å². The molecule has 9 nitrogen and oxygen atoms in total. The molecule has 30 heavy (non-hydrogen) atoms. The topological polar surface area (TPSA) is 168 Å². The zero-order valence-electron chi connectivity index (χ0n) is 15.7. The summed E-state index contributed by atoms with van der Waals surface area (Å²) in [5, 5.41) is 71.0. The highest BCUT2D eigenvalue weighted by atomic mass is 16.5. The monoisotopic (exact) mass is 418 g/mol. The molecule has 0 amide bonds. The van der Waals surface area contributed by atoms with Crippen LogP contribution in [-0.4, -0.2) is 78.7 Å². The highest BCUT2D eigenvalue weighted by Crippen LogP contribution is 2.47. The molecule has 1 aliphatic heterocycles. The Morgan fingerprint density at radius 1 is 0.867 bits per heavy atom. The third kappa shape index (κ3) is 2.99. The molecule has 1 heterocycles. The lowest BCUT2D eigenvalue weighted by Crippen LogP contribution is -2.60. The highest BCUT2D eigenvalue weighted by molar-refractivity contribution is 6.16. The Morgan fingerprint density at radius 3 is 2.23 bits per heavy atom. The van der Waals surface area contributed by atoms with Crippen LogP contribution in [0.3, 0.4) is 0 Å². The van der Waals surface area contributed by atoms with Crippen LogP contribution >= 0.6 is 0 Å². The maximum absolute atomic E-state index is 13.1. The summed E-state index contributed by atoms with van der Waals surface area (Å²) in [6.45, 7) is -1.06. The molecule has 0 unspecified atom stereocenters. The van der Waals surface area contributed by atoms with E-state index in [9.17, 15) is 40.5 Å². The van der Waals surface area contributed by atoms with E-state index in [1.807, 2.05) is 0 Å². The Balaban J connectivity index is 1.96. The number of ketones is 1. The van der Waals surface area contributed by atoms with Crippen LogP contribution < -0.4 is 0 Å². The van der Waals surface area contributed by atoms with E-state index in [2.05, 4.69) is 0 Å². The molecule has 0 spiro atoms. The van der Waals surface area contributed by atoms with Crippen LogP contribution in [0.15, 0.2) is 30.3 Å². The standard InChI is InChI=1S/C21H22O9/c22-6-8-4-10-14(21-20(29)19(28)17(26)13(7-23)30-21)9-2-1-3-11(24)15(9)18(27)16(10)12(25)5-8/h1-5,13-14,17,19-26,28-29H,6-7H2/t13-,14+,17-,19+,20-,21+/m0/s1.